The van der Waals surface area contributed by atoms with Crippen molar-refractivity contribution >= 4 is 89.8 Å². The Bertz CT molecular complexity index is 1230. The van der Waals surface area contributed by atoms with Gasteiger partial charge >= 0.3 is 0 Å². The van der Waals surface area contributed by atoms with Crippen LogP contribution in [0.3, 0.4) is 0 Å². The largest absolute Gasteiger partial charge is 0.493 e. The zero-order valence-corrected chi connectivity index (χ0v) is 22.8. The van der Waals surface area contributed by atoms with Crippen molar-refractivity contribution in [1.82, 2.24) is 9.97 Å². The van der Waals surface area contributed by atoms with Crippen LogP contribution in [0.4, 0.5) is 11.4 Å². The number of aromatic hydroxyl groups is 2. The second-order valence-corrected chi connectivity index (χ2v) is 8.96. The minimum atomic E-state index is 0. The molecule has 0 atom stereocenters. The average Bonchev–Trinajstić information content (AvgIpc) is 3.30. The van der Waals surface area contributed by atoms with E-state index in [4.69, 9.17) is 24.4 Å². The van der Waals surface area contributed by atoms with Gasteiger partial charge in [-0.2, -0.15) is 0 Å². The number of hydrogen-bond acceptors (Lipinski definition) is 8. The Kier molecular flexibility index (Phi) is 10.6. The Labute approximate surface area is 223 Å². The molecular formula is C20H18N6O2PtS4. The molecule has 2 heterocycles. The van der Waals surface area contributed by atoms with Gasteiger partial charge in [0.2, 0.25) is 11.8 Å². The molecule has 0 bridgehead atoms. The number of nitrogens with one attached hydrogen (secondary N) is 2. The van der Waals surface area contributed by atoms with E-state index in [2.05, 4.69) is 30.4 Å². The summed E-state index contributed by atoms with van der Waals surface area (Å²) < 4.78 is 0.870. The summed E-state index contributed by atoms with van der Waals surface area (Å²) >= 11 is 12.5. The van der Waals surface area contributed by atoms with Gasteiger partial charge in [0.25, 0.3) is 0 Å². The van der Waals surface area contributed by atoms with Gasteiger partial charge in [0.05, 0.1) is 11.0 Å². The number of aromatic nitrogens is 2. The zero-order valence-electron chi connectivity index (χ0n) is 17.3. The molecule has 0 fully saturated rings. The Balaban J connectivity index is 0.000000227. The Morgan fingerprint density at radius 3 is 1.45 bits per heavy atom. The SMILES string of the molecule is CSC(=S)N=Nc1c(O)[nH]c2ccccc12.CSC(=S)N=Nc1c(O)[nH]c2ccccc12.[Pt]. The summed E-state index contributed by atoms with van der Waals surface area (Å²) in [6.45, 7) is 0. The van der Waals surface area contributed by atoms with Gasteiger partial charge in [-0.1, -0.05) is 59.9 Å². The first-order chi connectivity index (χ1) is 15.4. The van der Waals surface area contributed by atoms with Crippen LogP contribution in [0.1, 0.15) is 0 Å². The van der Waals surface area contributed by atoms with Gasteiger partial charge in [0, 0.05) is 31.8 Å². The molecular weight excluding hydrogens is 680 g/mol. The molecule has 0 aliphatic carbocycles. The maximum absolute atomic E-state index is 9.66. The van der Waals surface area contributed by atoms with E-state index in [1.165, 1.54) is 23.5 Å². The van der Waals surface area contributed by atoms with Gasteiger partial charge in [0.15, 0.2) is 20.0 Å². The number of H-pyrrole nitrogens is 2. The molecule has 0 saturated heterocycles. The number of nitrogens with zero attached hydrogens (tertiary/aromatic N) is 4. The third-order valence-corrected chi connectivity index (χ3v) is 6.16. The van der Waals surface area contributed by atoms with Crippen LogP contribution >= 0.6 is 48.0 Å². The molecule has 0 spiro atoms. The fourth-order valence-electron chi connectivity index (χ4n) is 2.69. The fourth-order valence-corrected chi connectivity index (χ4v) is 3.02. The quantitative estimate of drug-likeness (QED) is 0.130. The zero-order chi connectivity index (χ0) is 23.1. The molecule has 4 rings (SSSR count). The summed E-state index contributed by atoms with van der Waals surface area (Å²) in [7, 11) is 0. The molecule has 0 amide bonds. The summed E-state index contributed by atoms with van der Waals surface area (Å²) in [6.07, 6.45) is 3.66. The maximum Gasteiger partial charge on any atom is 0.218 e. The van der Waals surface area contributed by atoms with Crippen LogP contribution in [0.5, 0.6) is 11.8 Å². The second kappa shape index (κ2) is 12.9. The average molecular weight is 698 g/mol. The van der Waals surface area contributed by atoms with Gasteiger partial charge in [-0.15, -0.1) is 20.5 Å². The van der Waals surface area contributed by atoms with Gasteiger partial charge < -0.3 is 20.2 Å². The molecule has 0 aliphatic heterocycles. The van der Waals surface area contributed by atoms with Crippen LogP contribution in [0.2, 0.25) is 0 Å². The first kappa shape index (κ1) is 27.1. The first-order valence-corrected chi connectivity index (χ1v) is 12.3. The van der Waals surface area contributed by atoms with Crippen molar-refractivity contribution in [3.05, 3.63) is 48.5 Å². The number of thioether (sulfide) groups is 2. The van der Waals surface area contributed by atoms with Crippen LogP contribution in [-0.2, 0) is 21.1 Å². The fraction of sp³-hybridized carbons (Fsp3) is 0.100. The van der Waals surface area contributed by atoms with E-state index in [-0.39, 0.29) is 32.8 Å². The van der Waals surface area contributed by atoms with Crippen LogP contribution in [0, 0.1) is 0 Å². The van der Waals surface area contributed by atoms with Crippen LogP contribution < -0.4 is 0 Å². The molecule has 2 aromatic heterocycles. The standard InChI is InChI=1S/2C10H9N3OS2.Pt/c2*1-16-10(15)13-12-8-6-4-2-3-5-7(6)11-9(8)14;/h2*2-5,11,14H,1H3;. The van der Waals surface area contributed by atoms with Crippen molar-refractivity contribution in [1.29, 1.82) is 0 Å². The molecule has 0 aliphatic rings. The minimum absolute atomic E-state index is 0. The van der Waals surface area contributed by atoms with Crippen molar-refractivity contribution in [3.8, 4) is 11.8 Å². The van der Waals surface area contributed by atoms with Crippen molar-refractivity contribution in [2.24, 2.45) is 20.5 Å². The predicted molar refractivity (Wildman–Crippen MR) is 141 cm³/mol. The van der Waals surface area contributed by atoms with Crippen molar-refractivity contribution < 1.29 is 31.3 Å². The van der Waals surface area contributed by atoms with Crippen molar-refractivity contribution in [2.45, 2.75) is 0 Å². The summed E-state index contributed by atoms with van der Waals surface area (Å²) in [5.74, 6) is 0.0164. The monoisotopic (exact) mass is 697 g/mol. The molecule has 0 unspecified atom stereocenters. The number of fused-ring (bicyclic) bond motifs is 2. The van der Waals surface area contributed by atoms with Gasteiger partial charge in [-0.25, -0.2) is 0 Å². The van der Waals surface area contributed by atoms with E-state index in [1.807, 2.05) is 61.0 Å². The molecule has 33 heavy (non-hydrogen) atoms. The van der Waals surface area contributed by atoms with Crippen LogP contribution in [0.25, 0.3) is 21.8 Å². The van der Waals surface area contributed by atoms with Crippen LogP contribution in [0.15, 0.2) is 69.0 Å². The Morgan fingerprint density at radius 2 is 1.09 bits per heavy atom. The molecule has 0 radical (unpaired) electrons. The van der Waals surface area contributed by atoms with Gasteiger partial charge in [-0.3, -0.25) is 0 Å². The molecule has 13 heteroatoms. The van der Waals surface area contributed by atoms with E-state index in [0.717, 1.165) is 21.8 Å². The molecule has 0 saturated carbocycles. The summed E-state index contributed by atoms with van der Waals surface area (Å²) in [4.78, 5) is 5.64. The van der Waals surface area contributed by atoms with E-state index >= 15 is 0 Å². The van der Waals surface area contributed by atoms with Crippen molar-refractivity contribution in [2.75, 3.05) is 12.5 Å². The first-order valence-electron chi connectivity index (χ1n) is 9.03. The van der Waals surface area contributed by atoms with Crippen molar-refractivity contribution in [3.63, 3.8) is 0 Å². The summed E-state index contributed by atoms with van der Waals surface area (Å²) in [6, 6.07) is 15.0. The predicted octanol–water partition coefficient (Wildman–Crippen LogP) is 7.21. The topological polar surface area (TPSA) is 121 Å². The molecule has 8 nitrogen and oxygen atoms in total. The number of para-hydroxylation sites is 2. The number of benzene rings is 2. The van der Waals surface area contributed by atoms with Gasteiger partial charge in [-0.05, 0) is 49.1 Å². The molecule has 4 aromatic rings. The Morgan fingerprint density at radius 1 is 0.727 bits per heavy atom. The molecule has 2 aromatic carbocycles. The third-order valence-electron chi connectivity index (χ3n) is 4.13. The number of aromatic amines is 2. The molecule has 4 N–H and O–H groups in total. The summed E-state index contributed by atoms with van der Waals surface area (Å²) in [5, 5.41) is 36.5. The number of rotatable bonds is 2. The summed E-state index contributed by atoms with van der Waals surface area (Å²) in [5.41, 5.74) is 2.49. The minimum Gasteiger partial charge on any atom is -0.493 e. The normalized spacial score (nSPS) is 11.0. The van der Waals surface area contributed by atoms with Crippen LogP contribution in [-0.4, -0.2) is 41.3 Å². The second-order valence-electron chi connectivity index (χ2n) is 6.08. The maximum atomic E-state index is 9.66. The van der Waals surface area contributed by atoms with E-state index in [0.29, 0.717) is 20.0 Å². The third kappa shape index (κ3) is 6.94. The van der Waals surface area contributed by atoms with E-state index in [1.54, 1.807) is 0 Å². The Hall–Kier alpha value is -2.11. The van der Waals surface area contributed by atoms with E-state index < -0.39 is 0 Å². The van der Waals surface area contributed by atoms with E-state index in [9.17, 15) is 10.2 Å². The molecule has 174 valence electrons. The van der Waals surface area contributed by atoms with Gasteiger partial charge in [0.1, 0.15) is 0 Å². The number of hydrogen-bond donors (Lipinski definition) is 4. The number of thiocarbonyl (C=S) groups is 2. The smallest absolute Gasteiger partial charge is 0.218 e. The number of azo groups is 2.